The van der Waals surface area contributed by atoms with Gasteiger partial charge in [0, 0.05) is 42.8 Å². The molecule has 1 aliphatic heterocycles. The lowest BCUT2D eigenvalue weighted by molar-refractivity contribution is 0.329. The van der Waals surface area contributed by atoms with Gasteiger partial charge in [0.2, 0.25) is 0 Å². The van der Waals surface area contributed by atoms with Gasteiger partial charge in [0.05, 0.1) is 12.2 Å². The third-order valence-corrected chi connectivity index (χ3v) is 5.66. The highest BCUT2D eigenvalue weighted by Crippen LogP contribution is 2.39. The van der Waals surface area contributed by atoms with Crippen molar-refractivity contribution in [2.75, 3.05) is 18.0 Å². The van der Waals surface area contributed by atoms with Crippen molar-refractivity contribution in [2.24, 2.45) is 5.92 Å². The molecule has 130 valence electrons. The molecule has 1 saturated carbocycles. The first-order valence-electron chi connectivity index (χ1n) is 9.43. The number of aryl methyl sites for hydroxylation is 2. The Kier molecular flexibility index (Phi) is 3.57. The van der Waals surface area contributed by atoms with Crippen LogP contribution in [-0.2, 0) is 19.4 Å². The van der Waals surface area contributed by atoms with Crippen LogP contribution in [0.2, 0.25) is 0 Å². The van der Waals surface area contributed by atoms with E-state index in [0.29, 0.717) is 18.4 Å². The second-order valence-corrected chi connectivity index (χ2v) is 7.69. The predicted molar refractivity (Wildman–Crippen MR) is 94.8 cm³/mol. The highest BCUT2D eigenvalue weighted by molar-refractivity contribution is 5.43. The number of anilines is 1. The van der Waals surface area contributed by atoms with Gasteiger partial charge in [0.25, 0.3) is 5.56 Å². The molecule has 2 fully saturated rings. The van der Waals surface area contributed by atoms with E-state index in [2.05, 4.69) is 26.0 Å². The Balaban J connectivity index is 1.25. The second kappa shape index (κ2) is 5.93. The third kappa shape index (κ3) is 2.94. The molecule has 0 unspecified atom stereocenters. The van der Waals surface area contributed by atoms with E-state index in [4.69, 9.17) is 0 Å². The lowest BCUT2D eigenvalue weighted by Crippen LogP contribution is -2.50. The van der Waals surface area contributed by atoms with E-state index in [-0.39, 0.29) is 5.56 Å². The summed E-state index contributed by atoms with van der Waals surface area (Å²) in [7, 11) is 0. The minimum Gasteiger partial charge on any atom is -0.356 e. The summed E-state index contributed by atoms with van der Waals surface area (Å²) in [5.74, 6) is 2.14. The van der Waals surface area contributed by atoms with Crippen molar-refractivity contribution in [3.8, 4) is 0 Å². The zero-order chi connectivity index (χ0) is 16.8. The van der Waals surface area contributed by atoms with Crippen LogP contribution in [0.25, 0.3) is 0 Å². The minimum atomic E-state index is 0.0529. The molecule has 0 amide bonds. The molecule has 2 aliphatic carbocycles. The molecule has 25 heavy (non-hydrogen) atoms. The van der Waals surface area contributed by atoms with Crippen molar-refractivity contribution < 1.29 is 0 Å². The van der Waals surface area contributed by atoms with Crippen LogP contribution in [0.15, 0.2) is 23.3 Å². The van der Waals surface area contributed by atoms with Crippen LogP contribution in [0.3, 0.4) is 0 Å². The van der Waals surface area contributed by atoms with Crippen LogP contribution in [0, 0.1) is 5.92 Å². The Labute approximate surface area is 146 Å². The average Bonchev–Trinajstić information content (AvgIpc) is 3.43. The number of hydrogen-bond donors (Lipinski definition) is 0. The standard InChI is InChI=1S/C19H23N5O/c25-19-7-15-3-1-2-4-16(15)22-24(19)11-13-9-23(10-13)18-8-17(14-5-6-14)20-12-21-18/h7-8,12-14H,1-6,9-11H2. The Bertz CT molecular complexity index is 851. The van der Waals surface area contributed by atoms with Crippen molar-refractivity contribution in [3.63, 3.8) is 0 Å². The summed E-state index contributed by atoms with van der Waals surface area (Å²) in [5.41, 5.74) is 3.53. The monoisotopic (exact) mass is 337 g/mol. The molecule has 0 bridgehead atoms. The molecule has 0 atom stereocenters. The van der Waals surface area contributed by atoms with E-state index in [1.807, 2.05) is 6.07 Å². The summed E-state index contributed by atoms with van der Waals surface area (Å²) in [4.78, 5) is 23.4. The zero-order valence-electron chi connectivity index (χ0n) is 14.4. The first kappa shape index (κ1) is 15.0. The highest BCUT2D eigenvalue weighted by Gasteiger charge is 2.31. The van der Waals surface area contributed by atoms with Crippen molar-refractivity contribution >= 4 is 5.82 Å². The molecule has 0 N–H and O–H groups in total. The van der Waals surface area contributed by atoms with Gasteiger partial charge in [-0.25, -0.2) is 14.6 Å². The third-order valence-electron chi connectivity index (χ3n) is 5.66. The summed E-state index contributed by atoms with van der Waals surface area (Å²) >= 11 is 0. The summed E-state index contributed by atoms with van der Waals surface area (Å²) in [5, 5.41) is 4.64. The molecule has 1 saturated heterocycles. The molecule has 0 spiro atoms. The Morgan fingerprint density at radius 1 is 1.08 bits per heavy atom. The van der Waals surface area contributed by atoms with E-state index in [1.165, 1.54) is 31.4 Å². The van der Waals surface area contributed by atoms with Gasteiger partial charge in [-0.3, -0.25) is 4.79 Å². The fraction of sp³-hybridized carbons (Fsp3) is 0.579. The van der Waals surface area contributed by atoms with Crippen LogP contribution < -0.4 is 10.5 Å². The second-order valence-electron chi connectivity index (χ2n) is 7.69. The molecule has 6 heteroatoms. The molecule has 6 nitrogen and oxygen atoms in total. The maximum absolute atomic E-state index is 12.3. The van der Waals surface area contributed by atoms with E-state index in [0.717, 1.165) is 43.0 Å². The van der Waals surface area contributed by atoms with Crippen LogP contribution in [0.1, 0.15) is 48.6 Å². The molecule has 2 aromatic rings. The van der Waals surface area contributed by atoms with E-state index in [9.17, 15) is 4.79 Å². The predicted octanol–water partition coefficient (Wildman–Crippen LogP) is 1.93. The Morgan fingerprint density at radius 2 is 1.92 bits per heavy atom. The quantitative estimate of drug-likeness (QED) is 0.853. The number of aromatic nitrogens is 4. The van der Waals surface area contributed by atoms with Gasteiger partial charge in [-0.05, 0) is 44.1 Å². The fourth-order valence-corrected chi connectivity index (χ4v) is 3.99. The maximum atomic E-state index is 12.3. The maximum Gasteiger partial charge on any atom is 0.267 e. The minimum absolute atomic E-state index is 0.0529. The first-order chi connectivity index (χ1) is 12.3. The molecule has 3 aliphatic rings. The zero-order valence-corrected chi connectivity index (χ0v) is 14.4. The van der Waals surface area contributed by atoms with Crippen molar-refractivity contribution in [2.45, 2.75) is 51.0 Å². The fourth-order valence-electron chi connectivity index (χ4n) is 3.99. The van der Waals surface area contributed by atoms with E-state index in [1.54, 1.807) is 11.0 Å². The molecule has 3 heterocycles. The summed E-state index contributed by atoms with van der Waals surface area (Å²) in [6.45, 7) is 2.59. The Hall–Kier alpha value is -2.24. The van der Waals surface area contributed by atoms with E-state index < -0.39 is 0 Å². The number of rotatable bonds is 4. The average molecular weight is 337 g/mol. The summed E-state index contributed by atoms with van der Waals surface area (Å²) in [6, 6.07) is 3.95. The molecular formula is C19H23N5O. The van der Waals surface area contributed by atoms with Gasteiger partial charge >= 0.3 is 0 Å². The van der Waals surface area contributed by atoms with Crippen molar-refractivity contribution in [3.05, 3.63) is 45.8 Å². The largest absolute Gasteiger partial charge is 0.356 e. The Morgan fingerprint density at radius 3 is 2.76 bits per heavy atom. The number of hydrogen-bond acceptors (Lipinski definition) is 5. The highest BCUT2D eigenvalue weighted by atomic mass is 16.1. The summed E-state index contributed by atoms with van der Waals surface area (Å²) < 4.78 is 1.68. The number of fused-ring (bicyclic) bond motifs is 1. The van der Waals surface area contributed by atoms with Gasteiger partial charge < -0.3 is 4.90 Å². The van der Waals surface area contributed by atoms with Crippen LogP contribution >= 0.6 is 0 Å². The smallest absolute Gasteiger partial charge is 0.267 e. The molecule has 0 radical (unpaired) electrons. The molecule has 2 aromatic heterocycles. The molecular weight excluding hydrogens is 314 g/mol. The first-order valence-corrected chi connectivity index (χ1v) is 9.43. The van der Waals surface area contributed by atoms with Crippen LogP contribution in [0.4, 0.5) is 5.82 Å². The molecule has 5 rings (SSSR count). The van der Waals surface area contributed by atoms with Crippen LogP contribution in [-0.4, -0.2) is 32.8 Å². The SMILES string of the molecule is O=c1cc2c(nn1CC1CN(c3cc(C4CC4)ncn3)C1)CCCC2. The van der Waals surface area contributed by atoms with Crippen molar-refractivity contribution in [1.82, 2.24) is 19.7 Å². The lowest BCUT2D eigenvalue weighted by Gasteiger charge is -2.40. The van der Waals surface area contributed by atoms with Gasteiger partial charge in [0.15, 0.2) is 0 Å². The number of nitrogens with zero attached hydrogens (tertiary/aromatic N) is 5. The van der Waals surface area contributed by atoms with E-state index >= 15 is 0 Å². The van der Waals surface area contributed by atoms with Crippen molar-refractivity contribution in [1.29, 1.82) is 0 Å². The van der Waals surface area contributed by atoms with Gasteiger partial charge in [-0.15, -0.1) is 0 Å². The normalized spacial score (nSPS) is 20.2. The van der Waals surface area contributed by atoms with Crippen LogP contribution in [0.5, 0.6) is 0 Å². The molecule has 0 aromatic carbocycles. The lowest BCUT2D eigenvalue weighted by atomic mass is 9.96. The summed E-state index contributed by atoms with van der Waals surface area (Å²) in [6.07, 6.45) is 8.58. The van der Waals surface area contributed by atoms with Gasteiger partial charge in [-0.1, -0.05) is 0 Å². The van der Waals surface area contributed by atoms with Gasteiger partial charge in [0.1, 0.15) is 12.1 Å². The topological polar surface area (TPSA) is 63.9 Å². The van der Waals surface area contributed by atoms with Gasteiger partial charge in [-0.2, -0.15) is 5.10 Å².